The van der Waals surface area contributed by atoms with Crippen LogP contribution in [0.25, 0.3) is 6.08 Å². The number of fused-ring (bicyclic) bond motifs is 1. The quantitative estimate of drug-likeness (QED) is 0.668. The topological polar surface area (TPSA) is 71.4 Å². The second-order valence-corrected chi connectivity index (χ2v) is 5.92. The fourth-order valence-electron chi connectivity index (χ4n) is 2.49. The van der Waals surface area contributed by atoms with Crippen LogP contribution in [-0.4, -0.2) is 12.7 Å². The average Bonchev–Trinajstić information content (AvgIpc) is 3.09. The molecule has 2 aromatic carbocycles. The van der Waals surface area contributed by atoms with Gasteiger partial charge in [0.05, 0.1) is 11.1 Å². The minimum Gasteiger partial charge on any atom is -0.454 e. The van der Waals surface area contributed by atoms with E-state index in [9.17, 15) is 10.1 Å². The SMILES string of the molecule is C[C@@H](NC(=O)/C(C#N)=C/c1cc(Cl)c2c(c1)OCO2)c1ccccc1. The van der Waals surface area contributed by atoms with Gasteiger partial charge in [-0.1, -0.05) is 41.9 Å². The van der Waals surface area contributed by atoms with E-state index in [0.29, 0.717) is 22.1 Å². The Hall–Kier alpha value is -2.97. The van der Waals surface area contributed by atoms with E-state index in [1.54, 1.807) is 12.1 Å². The fourth-order valence-corrected chi connectivity index (χ4v) is 2.76. The lowest BCUT2D eigenvalue weighted by atomic mass is 10.1. The van der Waals surface area contributed by atoms with E-state index in [1.807, 2.05) is 43.3 Å². The molecule has 3 rings (SSSR count). The summed E-state index contributed by atoms with van der Waals surface area (Å²) < 4.78 is 10.5. The summed E-state index contributed by atoms with van der Waals surface area (Å²) in [5.74, 6) is 0.515. The number of hydrogen-bond donors (Lipinski definition) is 1. The van der Waals surface area contributed by atoms with Crippen molar-refractivity contribution in [1.29, 1.82) is 5.26 Å². The van der Waals surface area contributed by atoms with Crippen LogP contribution in [0.1, 0.15) is 24.1 Å². The summed E-state index contributed by atoms with van der Waals surface area (Å²) in [5.41, 5.74) is 1.53. The molecule has 2 aromatic rings. The van der Waals surface area contributed by atoms with Gasteiger partial charge in [-0.05, 0) is 36.3 Å². The summed E-state index contributed by atoms with van der Waals surface area (Å²) in [4.78, 5) is 12.4. The first-order valence-electron chi connectivity index (χ1n) is 7.65. The van der Waals surface area contributed by atoms with Crippen molar-refractivity contribution in [3.05, 3.63) is 64.2 Å². The molecule has 0 aliphatic carbocycles. The van der Waals surface area contributed by atoms with Crippen LogP contribution in [0, 0.1) is 11.3 Å². The van der Waals surface area contributed by atoms with Gasteiger partial charge in [-0.2, -0.15) is 5.26 Å². The molecule has 0 saturated heterocycles. The molecule has 0 saturated carbocycles. The molecule has 1 N–H and O–H groups in total. The van der Waals surface area contributed by atoms with Gasteiger partial charge in [0.2, 0.25) is 6.79 Å². The van der Waals surface area contributed by atoms with Crippen LogP contribution in [0.2, 0.25) is 5.02 Å². The van der Waals surface area contributed by atoms with Crippen molar-refractivity contribution in [2.45, 2.75) is 13.0 Å². The number of nitrogens with one attached hydrogen (secondary N) is 1. The minimum atomic E-state index is -0.451. The molecular formula is C19H15ClN2O3. The average molecular weight is 355 g/mol. The number of rotatable bonds is 4. The van der Waals surface area contributed by atoms with Crippen molar-refractivity contribution < 1.29 is 14.3 Å². The van der Waals surface area contributed by atoms with Crippen molar-refractivity contribution in [3.8, 4) is 17.6 Å². The van der Waals surface area contributed by atoms with Crippen LogP contribution in [0.15, 0.2) is 48.0 Å². The van der Waals surface area contributed by atoms with E-state index < -0.39 is 5.91 Å². The first kappa shape index (κ1) is 16.9. The number of halogens is 1. The lowest BCUT2D eigenvalue weighted by Gasteiger charge is -2.13. The summed E-state index contributed by atoms with van der Waals surface area (Å²) >= 11 is 6.13. The van der Waals surface area contributed by atoms with Crippen LogP contribution in [-0.2, 0) is 4.79 Å². The number of benzene rings is 2. The molecule has 1 heterocycles. The van der Waals surface area contributed by atoms with Gasteiger partial charge in [0.15, 0.2) is 11.5 Å². The number of carbonyl (C=O) groups excluding carboxylic acids is 1. The number of carbonyl (C=O) groups is 1. The van der Waals surface area contributed by atoms with Gasteiger partial charge in [0.25, 0.3) is 5.91 Å². The predicted molar refractivity (Wildman–Crippen MR) is 94.2 cm³/mol. The molecule has 6 heteroatoms. The van der Waals surface area contributed by atoms with E-state index in [0.717, 1.165) is 5.56 Å². The highest BCUT2D eigenvalue weighted by Gasteiger charge is 2.19. The van der Waals surface area contributed by atoms with Crippen LogP contribution in [0.4, 0.5) is 0 Å². The Balaban J connectivity index is 1.80. The lowest BCUT2D eigenvalue weighted by molar-refractivity contribution is -0.117. The summed E-state index contributed by atoms with van der Waals surface area (Å²) in [5, 5.41) is 12.5. The van der Waals surface area contributed by atoms with E-state index >= 15 is 0 Å². The zero-order valence-corrected chi connectivity index (χ0v) is 14.2. The summed E-state index contributed by atoms with van der Waals surface area (Å²) in [7, 11) is 0. The highest BCUT2D eigenvalue weighted by molar-refractivity contribution is 6.32. The second kappa shape index (κ2) is 7.29. The molecular weight excluding hydrogens is 340 g/mol. The Morgan fingerprint density at radius 2 is 2.08 bits per heavy atom. The van der Waals surface area contributed by atoms with Gasteiger partial charge in [-0.3, -0.25) is 4.79 Å². The highest BCUT2D eigenvalue weighted by atomic mass is 35.5. The van der Waals surface area contributed by atoms with Gasteiger partial charge < -0.3 is 14.8 Å². The summed E-state index contributed by atoms with van der Waals surface area (Å²) in [6, 6.07) is 14.5. The number of hydrogen-bond acceptors (Lipinski definition) is 4. The van der Waals surface area contributed by atoms with Gasteiger partial charge in [-0.25, -0.2) is 0 Å². The standard InChI is InChI=1S/C19H15ClN2O3/c1-12(14-5-3-2-4-6-14)22-19(23)15(10-21)7-13-8-16(20)18-17(9-13)24-11-25-18/h2-9,12H,11H2,1H3,(H,22,23)/b15-7+/t12-/m1/s1. The Morgan fingerprint density at radius 3 is 2.80 bits per heavy atom. The highest BCUT2D eigenvalue weighted by Crippen LogP contribution is 2.40. The molecule has 1 atom stereocenters. The Kier molecular flexibility index (Phi) is 4.92. The van der Waals surface area contributed by atoms with Crippen LogP contribution in [0.5, 0.6) is 11.5 Å². The van der Waals surface area contributed by atoms with E-state index in [4.69, 9.17) is 21.1 Å². The van der Waals surface area contributed by atoms with Crippen LogP contribution in [0.3, 0.4) is 0 Å². The van der Waals surface area contributed by atoms with Crippen molar-refractivity contribution in [2.24, 2.45) is 0 Å². The molecule has 1 amide bonds. The van der Waals surface area contributed by atoms with Crippen molar-refractivity contribution in [2.75, 3.05) is 6.79 Å². The number of ether oxygens (including phenoxy) is 2. The van der Waals surface area contributed by atoms with E-state index in [2.05, 4.69) is 5.32 Å². The van der Waals surface area contributed by atoms with Crippen molar-refractivity contribution in [1.82, 2.24) is 5.32 Å². The normalized spacial score (nSPS) is 13.9. The monoisotopic (exact) mass is 354 g/mol. The van der Waals surface area contributed by atoms with Gasteiger partial charge >= 0.3 is 0 Å². The maximum absolute atomic E-state index is 12.4. The molecule has 0 aromatic heterocycles. The summed E-state index contributed by atoms with van der Waals surface area (Å²) in [6.07, 6.45) is 1.47. The third kappa shape index (κ3) is 3.76. The molecule has 0 spiro atoms. The lowest BCUT2D eigenvalue weighted by Crippen LogP contribution is -2.27. The smallest absolute Gasteiger partial charge is 0.262 e. The predicted octanol–water partition coefficient (Wildman–Crippen LogP) is 3.85. The fraction of sp³-hybridized carbons (Fsp3) is 0.158. The van der Waals surface area contributed by atoms with Gasteiger partial charge in [0.1, 0.15) is 11.6 Å². The molecule has 126 valence electrons. The number of nitriles is 1. The molecule has 0 radical (unpaired) electrons. The summed E-state index contributed by atoms with van der Waals surface area (Å²) in [6.45, 7) is 1.96. The molecule has 0 bridgehead atoms. The third-order valence-corrected chi connectivity index (χ3v) is 4.05. The zero-order chi connectivity index (χ0) is 17.8. The minimum absolute atomic E-state index is 0.0160. The van der Waals surface area contributed by atoms with Gasteiger partial charge in [0, 0.05) is 0 Å². The van der Waals surface area contributed by atoms with E-state index in [1.165, 1.54) is 6.08 Å². The molecule has 0 unspecified atom stereocenters. The van der Waals surface area contributed by atoms with Gasteiger partial charge in [-0.15, -0.1) is 0 Å². The van der Waals surface area contributed by atoms with Crippen molar-refractivity contribution in [3.63, 3.8) is 0 Å². The number of amides is 1. The first-order valence-corrected chi connectivity index (χ1v) is 8.03. The molecule has 25 heavy (non-hydrogen) atoms. The van der Waals surface area contributed by atoms with Crippen molar-refractivity contribution >= 4 is 23.6 Å². The van der Waals surface area contributed by atoms with Crippen LogP contribution < -0.4 is 14.8 Å². The molecule has 1 aliphatic heterocycles. The number of nitrogens with zero attached hydrogens (tertiary/aromatic N) is 1. The van der Waals surface area contributed by atoms with Crippen LogP contribution >= 0.6 is 11.6 Å². The Bertz CT molecular complexity index is 872. The molecule has 0 fully saturated rings. The molecule has 1 aliphatic rings. The Morgan fingerprint density at radius 1 is 1.32 bits per heavy atom. The zero-order valence-electron chi connectivity index (χ0n) is 13.5. The molecule has 5 nitrogen and oxygen atoms in total. The van der Waals surface area contributed by atoms with E-state index in [-0.39, 0.29) is 18.4 Å². The second-order valence-electron chi connectivity index (χ2n) is 5.51. The largest absolute Gasteiger partial charge is 0.454 e. The third-order valence-electron chi connectivity index (χ3n) is 3.77. The maximum atomic E-state index is 12.4. The first-order chi connectivity index (χ1) is 12.1. The Labute approximate surface area is 150 Å². The maximum Gasteiger partial charge on any atom is 0.262 e.